The van der Waals surface area contributed by atoms with Gasteiger partial charge in [-0.2, -0.15) is 8.78 Å². The molecule has 0 unspecified atom stereocenters. The molecule has 1 fully saturated rings. The van der Waals surface area contributed by atoms with Crippen LogP contribution in [0.2, 0.25) is 0 Å². The molecule has 2 aromatic carbocycles. The standard InChI is InChI=1S/C18H18F2N2O3/c1-24-15-8-6-14(7-9-15)22-11-10-21(18(22)23)12-13-4-2-3-5-16(13)25-17(19)20/h2-9,17H,10-12H2,1H3. The molecule has 3 rings (SSSR count). The maximum absolute atomic E-state index is 12.6. The molecule has 0 spiro atoms. The van der Waals surface area contributed by atoms with Crippen LogP contribution in [-0.4, -0.2) is 37.7 Å². The number of anilines is 1. The number of carbonyl (C=O) groups excluding carboxylic acids is 1. The van der Waals surface area contributed by atoms with E-state index in [-0.39, 0.29) is 18.3 Å². The molecule has 1 saturated heterocycles. The van der Waals surface area contributed by atoms with Crippen LogP contribution in [0.5, 0.6) is 11.5 Å². The van der Waals surface area contributed by atoms with E-state index in [1.165, 1.54) is 6.07 Å². The molecular formula is C18H18F2N2O3. The van der Waals surface area contributed by atoms with Crippen LogP contribution in [0.4, 0.5) is 19.3 Å². The van der Waals surface area contributed by atoms with Crippen LogP contribution in [-0.2, 0) is 6.54 Å². The molecule has 1 heterocycles. The van der Waals surface area contributed by atoms with Crippen molar-refractivity contribution in [2.75, 3.05) is 25.1 Å². The molecule has 2 aromatic rings. The zero-order valence-electron chi connectivity index (χ0n) is 13.7. The fraction of sp³-hybridized carbons (Fsp3) is 0.278. The number of methoxy groups -OCH3 is 1. The van der Waals surface area contributed by atoms with Crippen molar-refractivity contribution < 1.29 is 23.0 Å². The Morgan fingerprint density at radius 3 is 2.48 bits per heavy atom. The number of carbonyl (C=O) groups is 1. The SMILES string of the molecule is COc1ccc(N2CCN(Cc3ccccc3OC(F)F)C2=O)cc1. The second kappa shape index (κ2) is 7.38. The van der Waals surface area contributed by atoms with Crippen molar-refractivity contribution in [3.05, 3.63) is 54.1 Å². The van der Waals surface area contributed by atoms with Gasteiger partial charge in [-0.15, -0.1) is 0 Å². The van der Waals surface area contributed by atoms with Gasteiger partial charge in [-0.25, -0.2) is 4.79 Å². The van der Waals surface area contributed by atoms with Gasteiger partial charge < -0.3 is 14.4 Å². The van der Waals surface area contributed by atoms with Crippen molar-refractivity contribution in [3.63, 3.8) is 0 Å². The molecule has 25 heavy (non-hydrogen) atoms. The van der Waals surface area contributed by atoms with Crippen LogP contribution in [0, 0.1) is 0 Å². The number of ether oxygens (including phenoxy) is 2. The van der Waals surface area contributed by atoms with Gasteiger partial charge in [-0.3, -0.25) is 4.90 Å². The van der Waals surface area contributed by atoms with E-state index in [0.717, 1.165) is 5.69 Å². The minimum Gasteiger partial charge on any atom is -0.497 e. The van der Waals surface area contributed by atoms with E-state index in [4.69, 9.17) is 4.74 Å². The molecule has 7 heteroatoms. The lowest BCUT2D eigenvalue weighted by molar-refractivity contribution is -0.0506. The summed E-state index contributed by atoms with van der Waals surface area (Å²) in [5.41, 5.74) is 1.32. The predicted octanol–water partition coefficient (Wildman–Crippen LogP) is 3.74. The van der Waals surface area contributed by atoms with E-state index in [0.29, 0.717) is 24.4 Å². The topological polar surface area (TPSA) is 42.0 Å². The van der Waals surface area contributed by atoms with Gasteiger partial charge in [0, 0.05) is 24.3 Å². The Morgan fingerprint density at radius 2 is 1.80 bits per heavy atom. The third kappa shape index (κ3) is 3.81. The largest absolute Gasteiger partial charge is 0.497 e. The van der Waals surface area contributed by atoms with Gasteiger partial charge in [-0.1, -0.05) is 18.2 Å². The van der Waals surface area contributed by atoms with E-state index in [9.17, 15) is 13.6 Å². The van der Waals surface area contributed by atoms with Gasteiger partial charge in [0.2, 0.25) is 0 Å². The van der Waals surface area contributed by atoms with Gasteiger partial charge in [0.25, 0.3) is 0 Å². The molecule has 5 nitrogen and oxygen atoms in total. The summed E-state index contributed by atoms with van der Waals surface area (Å²) < 4.78 is 34.7. The maximum Gasteiger partial charge on any atom is 0.387 e. The molecule has 0 N–H and O–H groups in total. The number of alkyl halides is 2. The minimum absolute atomic E-state index is 0.0909. The molecule has 0 aromatic heterocycles. The smallest absolute Gasteiger partial charge is 0.387 e. The fourth-order valence-electron chi connectivity index (χ4n) is 2.78. The summed E-state index contributed by atoms with van der Waals surface area (Å²) in [4.78, 5) is 15.9. The molecule has 0 saturated carbocycles. The lowest BCUT2D eigenvalue weighted by Gasteiger charge is -2.20. The van der Waals surface area contributed by atoms with Crippen LogP contribution >= 0.6 is 0 Å². The summed E-state index contributed by atoms with van der Waals surface area (Å²) in [6, 6.07) is 13.5. The normalized spacial score (nSPS) is 14.3. The highest BCUT2D eigenvalue weighted by molar-refractivity contribution is 5.94. The van der Waals surface area contributed by atoms with Gasteiger partial charge in [0.05, 0.1) is 13.7 Å². The van der Waals surface area contributed by atoms with E-state index in [2.05, 4.69) is 4.74 Å². The first-order valence-corrected chi connectivity index (χ1v) is 7.81. The molecule has 132 valence electrons. The summed E-state index contributed by atoms with van der Waals surface area (Å²) in [5, 5.41) is 0. The third-order valence-corrected chi connectivity index (χ3v) is 4.03. The van der Waals surface area contributed by atoms with Gasteiger partial charge >= 0.3 is 12.6 Å². The molecular weight excluding hydrogens is 330 g/mol. The first-order chi connectivity index (χ1) is 12.1. The number of amides is 2. The van der Waals surface area contributed by atoms with E-state index >= 15 is 0 Å². The maximum atomic E-state index is 12.6. The zero-order valence-corrected chi connectivity index (χ0v) is 13.7. The molecule has 1 aliphatic rings. The summed E-state index contributed by atoms with van der Waals surface area (Å²) in [6.45, 7) is -1.64. The Bertz CT molecular complexity index is 737. The fourth-order valence-corrected chi connectivity index (χ4v) is 2.78. The van der Waals surface area contributed by atoms with Gasteiger partial charge in [-0.05, 0) is 30.3 Å². The molecule has 0 bridgehead atoms. The lowest BCUT2D eigenvalue weighted by Crippen LogP contribution is -2.31. The first kappa shape index (κ1) is 17.0. The van der Waals surface area contributed by atoms with Crippen LogP contribution in [0.1, 0.15) is 5.56 Å². The Hall–Kier alpha value is -2.83. The average molecular weight is 348 g/mol. The summed E-state index contributed by atoms with van der Waals surface area (Å²) in [7, 11) is 1.58. The van der Waals surface area contributed by atoms with E-state index in [1.54, 1.807) is 47.2 Å². The average Bonchev–Trinajstić information content (AvgIpc) is 2.97. The van der Waals surface area contributed by atoms with Crippen molar-refractivity contribution in [1.82, 2.24) is 4.90 Å². The summed E-state index contributed by atoms with van der Waals surface area (Å²) in [6.07, 6.45) is 0. The monoisotopic (exact) mass is 348 g/mol. The van der Waals surface area contributed by atoms with Crippen molar-refractivity contribution in [3.8, 4) is 11.5 Å². The summed E-state index contributed by atoms with van der Waals surface area (Å²) >= 11 is 0. The number of rotatable bonds is 6. The first-order valence-electron chi connectivity index (χ1n) is 7.81. The molecule has 0 atom stereocenters. The second-order valence-electron chi connectivity index (χ2n) is 5.54. The summed E-state index contributed by atoms with van der Waals surface area (Å²) in [5.74, 6) is 0.804. The van der Waals surface area contributed by atoms with Gasteiger partial charge in [0.15, 0.2) is 0 Å². The minimum atomic E-state index is -2.90. The predicted molar refractivity (Wildman–Crippen MR) is 89.2 cm³/mol. The molecule has 0 aliphatic carbocycles. The van der Waals surface area contributed by atoms with Crippen LogP contribution < -0.4 is 14.4 Å². The Kier molecular flexibility index (Phi) is 5.02. The van der Waals surface area contributed by atoms with Crippen molar-refractivity contribution in [2.24, 2.45) is 0 Å². The lowest BCUT2D eigenvalue weighted by atomic mass is 10.2. The third-order valence-electron chi connectivity index (χ3n) is 4.03. The molecule has 0 radical (unpaired) electrons. The van der Waals surface area contributed by atoms with Crippen LogP contribution in [0.3, 0.4) is 0 Å². The second-order valence-corrected chi connectivity index (χ2v) is 5.54. The van der Waals surface area contributed by atoms with Crippen LogP contribution in [0.25, 0.3) is 0 Å². The zero-order chi connectivity index (χ0) is 17.8. The van der Waals surface area contributed by atoms with Gasteiger partial charge in [0.1, 0.15) is 11.5 Å². The number of hydrogen-bond donors (Lipinski definition) is 0. The molecule has 2 amide bonds. The van der Waals surface area contributed by atoms with E-state index in [1.807, 2.05) is 12.1 Å². The Balaban J connectivity index is 1.72. The number of para-hydroxylation sites is 1. The number of urea groups is 1. The van der Waals surface area contributed by atoms with Crippen molar-refractivity contribution in [2.45, 2.75) is 13.2 Å². The Morgan fingerprint density at radius 1 is 1.08 bits per heavy atom. The number of hydrogen-bond acceptors (Lipinski definition) is 3. The highest BCUT2D eigenvalue weighted by Crippen LogP contribution is 2.27. The number of nitrogens with zero attached hydrogens (tertiary/aromatic N) is 2. The van der Waals surface area contributed by atoms with Crippen molar-refractivity contribution >= 4 is 11.7 Å². The number of benzene rings is 2. The Labute approximate surface area is 144 Å². The number of halogens is 2. The van der Waals surface area contributed by atoms with Crippen molar-refractivity contribution in [1.29, 1.82) is 0 Å². The highest BCUT2D eigenvalue weighted by atomic mass is 19.3. The quantitative estimate of drug-likeness (QED) is 0.799. The molecule has 1 aliphatic heterocycles. The highest BCUT2D eigenvalue weighted by Gasteiger charge is 2.30. The van der Waals surface area contributed by atoms with Crippen LogP contribution in [0.15, 0.2) is 48.5 Å². The van der Waals surface area contributed by atoms with E-state index < -0.39 is 6.61 Å².